The van der Waals surface area contributed by atoms with Gasteiger partial charge >= 0.3 is 0 Å². The van der Waals surface area contributed by atoms with Crippen molar-refractivity contribution in [1.82, 2.24) is 14.7 Å². The summed E-state index contributed by atoms with van der Waals surface area (Å²) in [4.78, 5) is 16.9. The van der Waals surface area contributed by atoms with Crippen LogP contribution in [0.15, 0.2) is 30.5 Å². The average Bonchev–Trinajstić information content (AvgIpc) is 2.89. The number of likely N-dealkylation sites (N-methyl/N-ethyl adjacent to an activating group) is 1. The number of amides is 1. The smallest absolute Gasteiger partial charge is 0.261 e. The zero-order chi connectivity index (χ0) is 16.4. The fourth-order valence-corrected chi connectivity index (χ4v) is 2.64. The van der Waals surface area contributed by atoms with Gasteiger partial charge in [-0.3, -0.25) is 9.48 Å². The standard InChI is InChI=1S/C16H22N6O/c1-20-7-9-22(10-8-20)13-5-3-12(4-6-13)19-16(23)14-11-18-21(2)15(14)17/h3-6,11H,7-10,17H2,1-2H3,(H,19,23). The number of aromatic nitrogens is 2. The third kappa shape index (κ3) is 3.29. The van der Waals surface area contributed by atoms with Crippen molar-refractivity contribution in [1.29, 1.82) is 0 Å². The fourth-order valence-electron chi connectivity index (χ4n) is 2.64. The Labute approximate surface area is 135 Å². The Kier molecular flexibility index (Phi) is 4.20. The largest absolute Gasteiger partial charge is 0.383 e. The van der Waals surface area contributed by atoms with Gasteiger partial charge < -0.3 is 20.9 Å². The number of nitrogens with zero attached hydrogens (tertiary/aromatic N) is 4. The Morgan fingerprint density at radius 2 is 1.78 bits per heavy atom. The maximum atomic E-state index is 12.2. The van der Waals surface area contributed by atoms with Crippen LogP contribution in [0.3, 0.4) is 0 Å². The van der Waals surface area contributed by atoms with E-state index in [0.29, 0.717) is 11.4 Å². The highest BCUT2D eigenvalue weighted by molar-refractivity contribution is 6.07. The quantitative estimate of drug-likeness (QED) is 0.884. The zero-order valence-corrected chi connectivity index (χ0v) is 13.5. The Bertz CT molecular complexity index is 685. The lowest BCUT2D eigenvalue weighted by atomic mass is 10.2. The molecule has 2 aromatic rings. The summed E-state index contributed by atoms with van der Waals surface area (Å²) in [6, 6.07) is 7.90. The van der Waals surface area contributed by atoms with Gasteiger partial charge in [0.15, 0.2) is 0 Å². The van der Waals surface area contributed by atoms with Crippen molar-refractivity contribution in [3.05, 3.63) is 36.0 Å². The molecule has 0 unspecified atom stereocenters. The van der Waals surface area contributed by atoms with Crippen LogP contribution in [0.4, 0.5) is 17.2 Å². The summed E-state index contributed by atoms with van der Waals surface area (Å²) in [5.41, 5.74) is 8.13. The Morgan fingerprint density at radius 1 is 1.13 bits per heavy atom. The molecule has 2 heterocycles. The minimum atomic E-state index is -0.247. The molecule has 0 spiro atoms. The average molecular weight is 314 g/mol. The predicted molar refractivity (Wildman–Crippen MR) is 91.7 cm³/mol. The van der Waals surface area contributed by atoms with Gasteiger partial charge in [-0.05, 0) is 31.3 Å². The van der Waals surface area contributed by atoms with Gasteiger partial charge in [-0.1, -0.05) is 0 Å². The molecule has 7 heteroatoms. The van der Waals surface area contributed by atoms with Gasteiger partial charge in [-0.2, -0.15) is 5.10 Å². The molecule has 23 heavy (non-hydrogen) atoms. The Balaban J connectivity index is 1.65. The highest BCUT2D eigenvalue weighted by Gasteiger charge is 2.16. The second-order valence-corrected chi connectivity index (χ2v) is 5.86. The molecule has 1 saturated heterocycles. The van der Waals surface area contributed by atoms with E-state index in [2.05, 4.69) is 27.3 Å². The van der Waals surface area contributed by atoms with Gasteiger partial charge in [-0.25, -0.2) is 0 Å². The number of aryl methyl sites for hydroxylation is 1. The van der Waals surface area contributed by atoms with Gasteiger partial charge in [0.05, 0.1) is 6.20 Å². The molecule has 0 radical (unpaired) electrons. The van der Waals surface area contributed by atoms with Gasteiger partial charge in [0, 0.05) is 44.6 Å². The number of nitrogens with one attached hydrogen (secondary N) is 1. The molecule has 7 nitrogen and oxygen atoms in total. The number of benzene rings is 1. The lowest BCUT2D eigenvalue weighted by molar-refractivity contribution is 0.102. The van der Waals surface area contributed by atoms with Crippen LogP contribution in [-0.4, -0.2) is 53.8 Å². The van der Waals surface area contributed by atoms with Crippen LogP contribution in [0.5, 0.6) is 0 Å². The maximum Gasteiger partial charge on any atom is 0.261 e. The van der Waals surface area contributed by atoms with E-state index >= 15 is 0 Å². The number of carbonyl (C=O) groups excluding carboxylic acids is 1. The molecule has 122 valence electrons. The molecule has 1 aromatic heterocycles. The number of nitrogens with two attached hydrogens (primary N) is 1. The van der Waals surface area contributed by atoms with Crippen LogP contribution in [-0.2, 0) is 7.05 Å². The molecule has 0 bridgehead atoms. The third-order valence-electron chi connectivity index (χ3n) is 4.22. The minimum absolute atomic E-state index is 0.247. The molecule has 3 rings (SSSR count). The van der Waals surface area contributed by atoms with Crippen molar-refractivity contribution in [3.8, 4) is 0 Å². The fraction of sp³-hybridized carbons (Fsp3) is 0.375. The lowest BCUT2D eigenvalue weighted by Crippen LogP contribution is -2.44. The molecular weight excluding hydrogens is 292 g/mol. The Hall–Kier alpha value is -2.54. The Morgan fingerprint density at radius 3 is 2.35 bits per heavy atom. The molecule has 0 atom stereocenters. The molecule has 1 amide bonds. The van der Waals surface area contributed by atoms with E-state index in [4.69, 9.17) is 5.73 Å². The summed E-state index contributed by atoms with van der Waals surface area (Å²) in [6.45, 7) is 4.18. The normalized spacial score (nSPS) is 15.7. The number of anilines is 3. The summed E-state index contributed by atoms with van der Waals surface area (Å²) in [7, 11) is 3.84. The van der Waals surface area contributed by atoms with Crippen LogP contribution in [0.25, 0.3) is 0 Å². The van der Waals surface area contributed by atoms with Gasteiger partial charge in [0.2, 0.25) is 0 Å². The molecule has 1 fully saturated rings. The first kappa shape index (κ1) is 15.4. The van der Waals surface area contributed by atoms with Crippen molar-refractivity contribution in [2.75, 3.05) is 49.2 Å². The van der Waals surface area contributed by atoms with Crippen LogP contribution in [0, 0.1) is 0 Å². The predicted octanol–water partition coefficient (Wildman–Crippen LogP) is 1.01. The topological polar surface area (TPSA) is 79.4 Å². The first-order valence-electron chi connectivity index (χ1n) is 7.67. The first-order chi connectivity index (χ1) is 11.0. The molecule has 1 aliphatic rings. The number of hydrogen-bond donors (Lipinski definition) is 2. The summed E-state index contributed by atoms with van der Waals surface area (Å²) in [5.74, 6) is 0.111. The molecular formula is C16H22N6O. The maximum absolute atomic E-state index is 12.2. The van der Waals surface area contributed by atoms with E-state index in [9.17, 15) is 4.79 Å². The highest BCUT2D eigenvalue weighted by Crippen LogP contribution is 2.20. The number of piperazine rings is 1. The van der Waals surface area contributed by atoms with Crippen molar-refractivity contribution < 1.29 is 4.79 Å². The first-order valence-corrected chi connectivity index (χ1v) is 7.67. The summed E-state index contributed by atoms with van der Waals surface area (Å²) in [5, 5.41) is 6.83. The monoisotopic (exact) mass is 314 g/mol. The number of carbonyl (C=O) groups is 1. The van der Waals surface area contributed by atoms with Gasteiger partial charge in [0.25, 0.3) is 5.91 Å². The van der Waals surface area contributed by atoms with Crippen LogP contribution >= 0.6 is 0 Å². The summed E-state index contributed by atoms with van der Waals surface area (Å²) < 4.78 is 1.48. The second-order valence-electron chi connectivity index (χ2n) is 5.86. The molecule has 1 aromatic carbocycles. The van der Waals surface area contributed by atoms with Gasteiger partial charge in [0.1, 0.15) is 11.4 Å². The lowest BCUT2D eigenvalue weighted by Gasteiger charge is -2.34. The molecule has 0 saturated carbocycles. The van der Waals surface area contributed by atoms with E-state index in [0.717, 1.165) is 31.9 Å². The molecule has 0 aliphatic carbocycles. The van der Waals surface area contributed by atoms with Crippen molar-refractivity contribution in [2.24, 2.45) is 7.05 Å². The van der Waals surface area contributed by atoms with E-state index < -0.39 is 0 Å². The van der Waals surface area contributed by atoms with E-state index in [1.165, 1.54) is 16.6 Å². The van der Waals surface area contributed by atoms with Crippen molar-refractivity contribution in [3.63, 3.8) is 0 Å². The van der Waals surface area contributed by atoms with Crippen molar-refractivity contribution >= 4 is 23.1 Å². The third-order valence-corrected chi connectivity index (χ3v) is 4.22. The number of nitrogen functional groups attached to an aromatic ring is 1. The zero-order valence-electron chi connectivity index (χ0n) is 13.5. The summed E-state index contributed by atoms with van der Waals surface area (Å²) >= 11 is 0. The second kappa shape index (κ2) is 6.29. The number of rotatable bonds is 3. The van der Waals surface area contributed by atoms with E-state index in [1.807, 2.05) is 24.3 Å². The minimum Gasteiger partial charge on any atom is -0.383 e. The van der Waals surface area contributed by atoms with E-state index in [-0.39, 0.29) is 5.91 Å². The van der Waals surface area contributed by atoms with Crippen LogP contribution in [0.1, 0.15) is 10.4 Å². The van der Waals surface area contributed by atoms with Gasteiger partial charge in [-0.15, -0.1) is 0 Å². The summed E-state index contributed by atoms with van der Waals surface area (Å²) in [6.07, 6.45) is 1.48. The van der Waals surface area contributed by atoms with Crippen molar-refractivity contribution in [2.45, 2.75) is 0 Å². The molecule has 3 N–H and O–H groups in total. The van der Waals surface area contributed by atoms with E-state index in [1.54, 1.807) is 7.05 Å². The van der Waals surface area contributed by atoms with Crippen LogP contribution in [0.2, 0.25) is 0 Å². The highest BCUT2D eigenvalue weighted by atomic mass is 16.1. The SMILES string of the molecule is CN1CCN(c2ccc(NC(=O)c3cnn(C)c3N)cc2)CC1. The van der Waals surface area contributed by atoms with Crippen LogP contribution < -0.4 is 16.0 Å². The molecule has 1 aliphatic heterocycles. The number of hydrogen-bond acceptors (Lipinski definition) is 5.